The van der Waals surface area contributed by atoms with E-state index < -0.39 is 10.1 Å². The average Bonchev–Trinajstić information content (AvgIpc) is 2.86. The maximum absolute atomic E-state index is 11.7. The van der Waals surface area contributed by atoms with E-state index in [2.05, 4.69) is 6.92 Å². The van der Waals surface area contributed by atoms with Crippen LogP contribution in [-0.2, 0) is 16.5 Å². The molecular weight excluding hydrogens is 464 g/mol. The number of benzene rings is 2. The monoisotopic (exact) mass is 515 g/mol. The van der Waals surface area contributed by atoms with Crippen molar-refractivity contribution in [1.29, 1.82) is 0 Å². The number of hydrogen-bond donors (Lipinski definition) is 0. The van der Waals surface area contributed by atoms with Gasteiger partial charge in [-0.1, -0.05) is 159 Å². The van der Waals surface area contributed by atoms with Crippen molar-refractivity contribution in [2.45, 2.75) is 147 Å². The van der Waals surface area contributed by atoms with Crippen molar-refractivity contribution in [1.82, 2.24) is 0 Å². The second kappa shape index (κ2) is 18.8. The van der Waals surface area contributed by atoms with Crippen LogP contribution >= 0.6 is 0 Å². The Morgan fingerprint density at radius 1 is 0.583 bits per heavy atom. The number of hydrogen-bond acceptors (Lipinski definition) is 3. The van der Waals surface area contributed by atoms with Crippen LogP contribution in [0.25, 0.3) is 10.8 Å². The highest BCUT2D eigenvalue weighted by molar-refractivity contribution is 7.86. The van der Waals surface area contributed by atoms with Crippen LogP contribution in [0.2, 0.25) is 0 Å². The molecule has 36 heavy (non-hydrogen) atoms. The van der Waals surface area contributed by atoms with Crippen molar-refractivity contribution >= 4 is 20.9 Å². The van der Waals surface area contributed by atoms with Crippen LogP contribution in [-0.4, -0.2) is 13.0 Å². The lowest BCUT2D eigenvalue weighted by atomic mass is 10.0. The van der Waals surface area contributed by atoms with E-state index in [-0.39, 0.29) is 4.90 Å². The molecule has 0 atom stereocenters. The first-order chi connectivity index (χ1) is 17.5. The summed E-state index contributed by atoms with van der Waals surface area (Å²) in [5.74, 6) is 0. The Hall–Kier alpha value is -1.39. The number of rotatable bonds is 22. The number of fused-ring (bicyclic) bond motifs is 1. The third-order valence-corrected chi connectivity index (χ3v) is 8.35. The van der Waals surface area contributed by atoms with Gasteiger partial charge in [-0.15, -0.1) is 0 Å². The Bertz CT molecular complexity index is 936. The standard InChI is InChI=1S/C32H52O3S/c1-2-3-4-5-6-7-8-9-10-11-12-13-14-15-16-17-18-19-20-21-24-29-27-30-25-22-23-26-31(30)32(28-29)36(33,34)35/h22-23,25-28H,2-21,24H2,1H3,(H,33,34,35)/p-1. The Morgan fingerprint density at radius 3 is 1.44 bits per heavy atom. The second-order valence-electron chi connectivity index (χ2n) is 10.7. The van der Waals surface area contributed by atoms with Crippen molar-refractivity contribution in [3.63, 3.8) is 0 Å². The molecule has 0 aliphatic rings. The van der Waals surface area contributed by atoms with Gasteiger partial charge in [-0.05, 0) is 35.2 Å². The molecule has 0 aliphatic heterocycles. The highest BCUT2D eigenvalue weighted by Crippen LogP contribution is 2.26. The molecule has 0 fully saturated rings. The third kappa shape index (κ3) is 13.2. The normalized spacial score (nSPS) is 11.9. The summed E-state index contributed by atoms with van der Waals surface area (Å²) in [5.41, 5.74) is 0.950. The molecule has 0 aromatic heterocycles. The van der Waals surface area contributed by atoms with Gasteiger partial charge < -0.3 is 4.55 Å². The fourth-order valence-corrected chi connectivity index (χ4v) is 6.02. The first-order valence-corrected chi connectivity index (χ1v) is 16.4. The van der Waals surface area contributed by atoms with Gasteiger partial charge in [0.15, 0.2) is 0 Å². The SMILES string of the molecule is CCCCCCCCCCCCCCCCCCCCCCc1cc(S(=O)(=O)[O-])c2ccccc2c1. The second-order valence-corrected chi connectivity index (χ2v) is 12.1. The van der Waals surface area contributed by atoms with Crippen LogP contribution in [0.3, 0.4) is 0 Å². The molecule has 0 bridgehead atoms. The first kappa shape index (κ1) is 30.8. The lowest BCUT2D eigenvalue weighted by molar-refractivity contribution is 0.464. The fourth-order valence-electron chi connectivity index (χ4n) is 5.27. The maximum atomic E-state index is 11.7. The van der Waals surface area contributed by atoms with E-state index in [0.717, 1.165) is 30.2 Å². The van der Waals surface area contributed by atoms with Gasteiger partial charge in [0, 0.05) is 0 Å². The molecule has 4 heteroatoms. The lowest BCUT2D eigenvalue weighted by Gasteiger charge is -2.13. The van der Waals surface area contributed by atoms with Crippen molar-refractivity contribution in [3.05, 3.63) is 42.0 Å². The summed E-state index contributed by atoms with van der Waals surface area (Å²) >= 11 is 0. The van der Waals surface area contributed by atoms with Crippen LogP contribution in [0.15, 0.2) is 41.3 Å². The van der Waals surface area contributed by atoms with E-state index in [4.69, 9.17) is 0 Å². The largest absolute Gasteiger partial charge is 0.744 e. The lowest BCUT2D eigenvalue weighted by Crippen LogP contribution is -2.01. The van der Waals surface area contributed by atoms with Gasteiger partial charge >= 0.3 is 0 Å². The van der Waals surface area contributed by atoms with Crippen LogP contribution in [0, 0.1) is 0 Å². The van der Waals surface area contributed by atoms with Crippen LogP contribution in [0.5, 0.6) is 0 Å². The molecule has 0 saturated carbocycles. The summed E-state index contributed by atoms with van der Waals surface area (Å²) < 4.78 is 35.1. The van der Waals surface area contributed by atoms with Crippen LogP contribution in [0.1, 0.15) is 141 Å². The summed E-state index contributed by atoms with van der Waals surface area (Å²) in [6.45, 7) is 2.28. The molecule has 2 rings (SSSR count). The zero-order valence-corrected chi connectivity index (χ0v) is 23.8. The van der Waals surface area contributed by atoms with Crippen molar-refractivity contribution in [3.8, 4) is 0 Å². The topological polar surface area (TPSA) is 57.2 Å². The van der Waals surface area contributed by atoms with E-state index in [1.165, 1.54) is 116 Å². The van der Waals surface area contributed by atoms with Gasteiger partial charge in [-0.2, -0.15) is 0 Å². The van der Waals surface area contributed by atoms with Crippen LogP contribution < -0.4 is 0 Å². The van der Waals surface area contributed by atoms with Gasteiger partial charge in [0.05, 0.1) is 4.90 Å². The minimum absolute atomic E-state index is 0.0798. The van der Waals surface area contributed by atoms with Crippen molar-refractivity contribution < 1.29 is 13.0 Å². The summed E-state index contributed by atoms with van der Waals surface area (Å²) in [5, 5.41) is 1.36. The molecular formula is C32H51O3S-. The minimum Gasteiger partial charge on any atom is -0.744 e. The van der Waals surface area contributed by atoms with Gasteiger partial charge in [0.1, 0.15) is 10.1 Å². The predicted octanol–water partition coefficient (Wildman–Crippen LogP) is 10.1. The molecule has 204 valence electrons. The van der Waals surface area contributed by atoms with Gasteiger partial charge in [-0.25, -0.2) is 8.42 Å². The Kier molecular flexibility index (Phi) is 16.1. The molecule has 0 amide bonds. The molecule has 0 heterocycles. The third-order valence-electron chi connectivity index (χ3n) is 7.47. The molecule has 0 N–H and O–H groups in total. The van der Waals surface area contributed by atoms with E-state index in [0.29, 0.717) is 5.39 Å². The Balaban J connectivity index is 1.42. The molecule has 2 aromatic rings. The maximum Gasteiger partial charge on any atom is 0.125 e. The van der Waals surface area contributed by atoms with Crippen molar-refractivity contribution in [2.75, 3.05) is 0 Å². The van der Waals surface area contributed by atoms with E-state index in [9.17, 15) is 13.0 Å². The molecule has 0 unspecified atom stereocenters. The van der Waals surface area contributed by atoms with E-state index in [1.807, 2.05) is 18.2 Å². The van der Waals surface area contributed by atoms with E-state index >= 15 is 0 Å². The Morgan fingerprint density at radius 2 is 1.00 bits per heavy atom. The fraction of sp³-hybridized carbons (Fsp3) is 0.688. The molecule has 3 nitrogen and oxygen atoms in total. The first-order valence-electron chi connectivity index (χ1n) is 15.0. The zero-order chi connectivity index (χ0) is 25.9. The zero-order valence-electron chi connectivity index (χ0n) is 22.9. The minimum atomic E-state index is -4.47. The quantitative estimate of drug-likeness (QED) is 0.116. The van der Waals surface area contributed by atoms with Crippen LogP contribution in [0.4, 0.5) is 0 Å². The Labute approximate surface area is 222 Å². The number of unbranched alkanes of at least 4 members (excludes halogenated alkanes) is 19. The summed E-state index contributed by atoms with van der Waals surface area (Å²) in [6, 6.07) is 10.9. The molecule has 0 saturated heterocycles. The van der Waals surface area contributed by atoms with E-state index in [1.54, 1.807) is 18.2 Å². The molecule has 2 aromatic carbocycles. The summed E-state index contributed by atoms with van der Waals surface area (Å²) in [6.07, 6.45) is 28.1. The summed E-state index contributed by atoms with van der Waals surface area (Å²) in [7, 11) is -4.47. The van der Waals surface area contributed by atoms with Gasteiger partial charge in [0.25, 0.3) is 0 Å². The van der Waals surface area contributed by atoms with Crippen molar-refractivity contribution in [2.24, 2.45) is 0 Å². The van der Waals surface area contributed by atoms with Gasteiger partial charge in [0.2, 0.25) is 0 Å². The summed E-state index contributed by atoms with van der Waals surface area (Å²) in [4.78, 5) is -0.0798. The molecule has 0 spiro atoms. The average molecular weight is 516 g/mol. The molecule has 0 aliphatic carbocycles. The van der Waals surface area contributed by atoms with Gasteiger partial charge in [-0.3, -0.25) is 0 Å². The molecule has 0 radical (unpaired) electrons. The highest BCUT2D eigenvalue weighted by Gasteiger charge is 2.09. The smallest absolute Gasteiger partial charge is 0.125 e. The number of aryl methyl sites for hydroxylation is 1. The predicted molar refractivity (Wildman–Crippen MR) is 154 cm³/mol. The highest BCUT2D eigenvalue weighted by atomic mass is 32.2.